The second-order valence-corrected chi connectivity index (χ2v) is 10.6. The number of para-hydroxylation sites is 1. The third-order valence-corrected chi connectivity index (χ3v) is 7.71. The molecular weight excluding hydrogens is 558 g/mol. The number of carbonyl (C=O) groups excluding carboxylic acids is 1. The van der Waals surface area contributed by atoms with Gasteiger partial charge in [0.1, 0.15) is 23.3 Å². The van der Waals surface area contributed by atoms with Crippen molar-refractivity contribution in [1.29, 1.82) is 0 Å². The number of likely N-dealkylation sites (N-methyl/N-ethyl adjacent to an activating group) is 2. The molecule has 0 unspecified atom stereocenters. The predicted molar refractivity (Wildman–Crippen MR) is 170 cm³/mol. The number of nitrogens with zero attached hydrogens (tertiary/aromatic N) is 6. The lowest BCUT2D eigenvalue weighted by Gasteiger charge is -2.21. The maximum absolute atomic E-state index is 14.0. The number of nitrogens with two attached hydrogens (primary N) is 1. The quantitative estimate of drug-likeness (QED) is 0.254. The number of nitrogen functional groups attached to an aromatic ring is 1. The van der Waals surface area contributed by atoms with Crippen LogP contribution in [0.15, 0.2) is 102 Å². The number of amides is 1. The van der Waals surface area contributed by atoms with E-state index in [9.17, 15) is 9.59 Å². The molecule has 1 amide bonds. The number of carbonyl (C=O) groups is 1. The van der Waals surface area contributed by atoms with Gasteiger partial charge in [-0.3, -0.25) is 14.3 Å². The fourth-order valence-corrected chi connectivity index (χ4v) is 5.23. The van der Waals surface area contributed by atoms with E-state index in [1.807, 2.05) is 49.5 Å². The molecule has 224 valence electrons. The molecule has 1 fully saturated rings. The van der Waals surface area contributed by atoms with Crippen LogP contribution in [-0.2, 0) is 9.53 Å². The van der Waals surface area contributed by atoms with Gasteiger partial charge < -0.3 is 20.1 Å². The molecule has 6 rings (SSSR count). The minimum absolute atomic E-state index is 0.165. The summed E-state index contributed by atoms with van der Waals surface area (Å²) in [7, 11) is 3.73. The molecular formula is C33H33N7O4. The zero-order chi connectivity index (χ0) is 30.6. The van der Waals surface area contributed by atoms with Crippen LogP contribution in [0.3, 0.4) is 0 Å². The first kappa shape index (κ1) is 28.8. The van der Waals surface area contributed by atoms with Crippen LogP contribution in [0.2, 0.25) is 0 Å². The standard InChI is InChI=1S/C33H33N7O4/c1-37(26-17-19-43-21-26)18-7-12-29(41)38(2)24-8-6-9-25(20-24)40-32-30(31(34)35-22-36-32)39(33(40)42)23-13-15-28(16-14-23)44-27-10-4-3-5-11-27/h3-16,20,22,26H,17-19,21H2,1-2H3,(H2,34,35,36)/b12-7+/t26-/m0/s1. The lowest BCUT2D eigenvalue weighted by Crippen LogP contribution is -2.32. The van der Waals surface area contributed by atoms with Gasteiger partial charge in [0.05, 0.1) is 18.0 Å². The summed E-state index contributed by atoms with van der Waals surface area (Å²) >= 11 is 0. The number of aromatic nitrogens is 4. The number of hydrogen-bond donors (Lipinski definition) is 1. The van der Waals surface area contributed by atoms with Gasteiger partial charge in [0.25, 0.3) is 0 Å². The van der Waals surface area contributed by atoms with Gasteiger partial charge in [-0.15, -0.1) is 0 Å². The molecule has 3 heterocycles. The second-order valence-electron chi connectivity index (χ2n) is 10.6. The van der Waals surface area contributed by atoms with Gasteiger partial charge in [0.2, 0.25) is 5.91 Å². The van der Waals surface area contributed by atoms with Crippen LogP contribution in [0.1, 0.15) is 6.42 Å². The van der Waals surface area contributed by atoms with Gasteiger partial charge in [0, 0.05) is 38.0 Å². The summed E-state index contributed by atoms with van der Waals surface area (Å²) in [5.41, 5.74) is 8.36. The fourth-order valence-electron chi connectivity index (χ4n) is 5.23. The van der Waals surface area contributed by atoms with Crippen LogP contribution < -0.4 is 21.1 Å². The normalized spacial score (nSPS) is 14.9. The Labute approximate surface area is 254 Å². The van der Waals surface area contributed by atoms with Crippen LogP contribution in [0, 0.1) is 0 Å². The molecule has 11 heteroatoms. The fraction of sp³-hybridized carbons (Fsp3) is 0.212. The van der Waals surface area contributed by atoms with E-state index < -0.39 is 0 Å². The Bertz CT molecular complexity index is 1860. The van der Waals surface area contributed by atoms with Crippen molar-refractivity contribution in [2.24, 2.45) is 0 Å². The van der Waals surface area contributed by atoms with Crippen molar-refractivity contribution < 1.29 is 14.3 Å². The molecule has 5 aromatic rings. The molecule has 11 nitrogen and oxygen atoms in total. The summed E-state index contributed by atoms with van der Waals surface area (Å²) in [6.45, 7) is 2.13. The van der Waals surface area contributed by atoms with E-state index in [0.29, 0.717) is 58.9 Å². The van der Waals surface area contributed by atoms with Crippen molar-refractivity contribution in [3.05, 3.63) is 108 Å². The topological polar surface area (TPSA) is 121 Å². The van der Waals surface area contributed by atoms with E-state index in [1.165, 1.54) is 20.4 Å². The Morgan fingerprint density at radius 3 is 2.52 bits per heavy atom. The molecule has 0 radical (unpaired) electrons. The number of rotatable bonds is 9. The Balaban J connectivity index is 1.29. The van der Waals surface area contributed by atoms with Crippen molar-refractivity contribution in [3.63, 3.8) is 0 Å². The number of anilines is 2. The molecule has 0 spiro atoms. The van der Waals surface area contributed by atoms with E-state index >= 15 is 0 Å². The summed E-state index contributed by atoms with van der Waals surface area (Å²) in [5.74, 6) is 1.31. The highest BCUT2D eigenvalue weighted by atomic mass is 16.5. The van der Waals surface area contributed by atoms with Gasteiger partial charge in [0.15, 0.2) is 11.5 Å². The van der Waals surface area contributed by atoms with Crippen LogP contribution in [0.25, 0.3) is 22.5 Å². The van der Waals surface area contributed by atoms with Crippen molar-refractivity contribution >= 4 is 28.6 Å². The zero-order valence-corrected chi connectivity index (χ0v) is 24.5. The molecule has 0 aliphatic carbocycles. The van der Waals surface area contributed by atoms with Gasteiger partial charge >= 0.3 is 5.69 Å². The Morgan fingerprint density at radius 2 is 1.77 bits per heavy atom. The third kappa shape index (κ3) is 5.83. The molecule has 2 N–H and O–H groups in total. The highest BCUT2D eigenvalue weighted by molar-refractivity contribution is 6.01. The van der Waals surface area contributed by atoms with Gasteiger partial charge in [-0.05, 0) is 68.1 Å². The van der Waals surface area contributed by atoms with E-state index in [2.05, 4.69) is 14.9 Å². The number of hydrogen-bond acceptors (Lipinski definition) is 8. The summed E-state index contributed by atoms with van der Waals surface area (Å²) in [6, 6.07) is 24.1. The zero-order valence-electron chi connectivity index (χ0n) is 24.5. The monoisotopic (exact) mass is 591 g/mol. The third-order valence-electron chi connectivity index (χ3n) is 7.71. The molecule has 1 atom stereocenters. The highest BCUT2D eigenvalue weighted by Gasteiger charge is 2.22. The molecule has 0 bridgehead atoms. The summed E-state index contributed by atoms with van der Waals surface area (Å²) in [5, 5.41) is 0. The molecule has 3 aromatic carbocycles. The SMILES string of the molecule is CN(C(=O)/C=C/CN(C)[C@H]1CCOC1)c1cccc(-n2c(=O)n(-c3ccc(Oc4ccccc4)cc3)c3c(N)ncnc32)c1. The average molecular weight is 592 g/mol. The van der Waals surface area contributed by atoms with Crippen molar-refractivity contribution in [3.8, 4) is 22.9 Å². The van der Waals surface area contributed by atoms with Crippen molar-refractivity contribution in [1.82, 2.24) is 24.0 Å². The number of benzene rings is 3. The highest BCUT2D eigenvalue weighted by Crippen LogP contribution is 2.27. The minimum atomic E-state index is -0.381. The smallest absolute Gasteiger partial charge is 0.339 e. The van der Waals surface area contributed by atoms with E-state index in [1.54, 1.807) is 55.6 Å². The van der Waals surface area contributed by atoms with Gasteiger partial charge in [-0.2, -0.15) is 0 Å². The number of ether oxygens (including phenoxy) is 2. The first-order chi connectivity index (χ1) is 21.4. The summed E-state index contributed by atoms with van der Waals surface area (Å²) in [4.78, 5) is 39.3. The van der Waals surface area contributed by atoms with Crippen molar-refractivity contribution in [2.75, 3.05) is 44.5 Å². The second kappa shape index (κ2) is 12.5. The maximum atomic E-state index is 14.0. The maximum Gasteiger partial charge on any atom is 0.339 e. The lowest BCUT2D eigenvalue weighted by molar-refractivity contribution is -0.113. The number of fused-ring (bicyclic) bond motifs is 1. The first-order valence-electron chi connectivity index (χ1n) is 14.3. The number of imidazole rings is 1. The average Bonchev–Trinajstić information content (AvgIpc) is 3.69. The van der Waals surface area contributed by atoms with E-state index in [0.717, 1.165) is 13.0 Å². The summed E-state index contributed by atoms with van der Waals surface area (Å²) in [6.07, 6.45) is 5.74. The lowest BCUT2D eigenvalue weighted by atomic mass is 10.2. The molecule has 44 heavy (non-hydrogen) atoms. The van der Waals surface area contributed by atoms with E-state index in [4.69, 9.17) is 15.2 Å². The minimum Gasteiger partial charge on any atom is -0.457 e. The predicted octanol–water partition coefficient (Wildman–Crippen LogP) is 4.19. The molecule has 1 saturated heterocycles. The molecule has 1 aliphatic rings. The largest absolute Gasteiger partial charge is 0.457 e. The van der Waals surface area contributed by atoms with Crippen LogP contribution in [-0.4, -0.2) is 69.8 Å². The molecule has 0 saturated carbocycles. The first-order valence-corrected chi connectivity index (χ1v) is 14.3. The van der Waals surface area contributed by atoms with Gasteiger partial charge in [-0.1, -0.05) is 30.3 Å². The van der Waals surface area contributed by atoms with Crippen LogP contribution in [0.5, 0.6) is 11.5 Å². The molecule has 2 aromatic heterocycles. The Kier molecular flexibility index (Phi) is 8.22. The Hall–Kier alpha value is -5.26. The van der Waals surface area contributed by atoms with Crippen LogP contribution in [0.4, 0.5) is 11.5 Å². The molecule has 1 aliphatic heterocycles. The van der Waals surface area contributed by atoms with Crippen LogP contribution >= 0.6 is 0 Å². The Morgan fingerprint density at radius 1 is 1.00 bits per heavy atom. The summed E-state index contributed by atoms with van der Waals surface area (Å²) < 4.78 is 14.3. The van der Waals surface area contributed by atoms with Gasteiger partial charge in [-0.25, -0.2) is 19.3 Å². The van der Waals surface area contributed by atoms with Crippen molar-refractivity contribution in [2.45, 2.75) is 12.5 Å². The van der Waals surface area contributed by atoms with E-state index in [-0.39, 0.29) is 17.4 Å².